The first-order chi connectivity index (χ1) is 37.5. The number of amides is 1. The standard InChI is InChI=1S/C37H53N13O26P4/c1-46(7-8-66-3)21(52)9-16-17(71-33(24(16)53)50-15-47(2)23-31(50)44-36(39)45-32(23)56)10-69-78(60,61)75-80(64,65)76-79(62,63)70-12-19-27(28(67-4)35(73-19)49-14-42-22-29(38)40-13-41-30(22)49)74-77(58,59)68-11-18-25(54)26(55)34(72-18)48-6-5-20(51)43-37(48)57/h5-6,13-19,24-28,33-35,53-55H,7-12H2,1-4H3,(H9-,38,39,40,41,43,44,45,51,56,57,58,59,60,61,62,63,64,65)/t16?,17-,18-,19-,24-,25-,26-,27-,28-,33?,34-,35-/m1/s1. The van der Waals surface area contributed by atoms with Crippen molar-refractivity contribution in [2.45, 2.75) is 73.9 Å². The number of nitrogens with two attached hydrogens (primary N) is 2. The predicted octanol–water partition coefficient (Wildman–Crippen LogP) is -4.76. The largest absolute Gasteiger partial charge is 0.756 e. The topological polar surface area (TPSA) is 540 Å². The Morgan fingerprint density at radius 1 is 0.850 bits per heavy atom. The number of anilines is 2. The van der Waals surface area contributed by atoms with Crippen LogP contribution in [0.2, 0.25) is 0 Å². The number of rotatable bonds is 24. The van der Waals surface area contributed by atoms with Crippen molar-refractivity contribution in [3.05, 3.63) is 62.4 Å². The Kier molecular flexibility index (Phi) is 18.3. The molecule has 0 bridgehead atoms. The van der Waals surface area contributed by atoms with E-state index in [-0.39, 0.29) is 47.2 Å². The van der Waals surface area contributed by atoms with Gasteiger partial charge in [0.2, 0.25) is 17.7 Å². The van der Waals surface area contributed by atoms with Crippen LogP contribution in [0.5, 0.6) is 0 Å². The van der Waals surface area contributed by atoms with Gasteiger partial charge in [-0.3, -0.25) is 51.7 Å². The van der Waals surface area contributed by atoms with E-state index in [2.05, 4.69) is 33.5 Å². The van der Waals surface area contributed by atoms with Crippen LogP contribution in [0.3, 0.4) is 0 Å². The van der Waals surface area contributed by atoms with Crippen molar-refractivity contribution in [3.63, 3.8) is 0 Å². The van der Waals surface area contributed by atoms with Crippen LogP contribution in [-0.4, -0.2) is 187 Å². The molecule has 0 aliphatic carbocycles. The number of aromatic amines is 2. The fourth-order valence-electron chi connectivity index (χ4n) is 8.83. The minimum Gasteiger partial charge on any atom is -0.756 e. The Labute approximate surface area is 446 Å². The van der Waals surface area contributed by atoms with Crippen molar-refractivity contribution in [1.29, 1.82) is 0 Å². The molecule has 3 fully saturated rings. The lowest BCUT2D eigenvalue weighted by atomic mass is 9.94. The lowest BCUT2D eigenvalue weighted by Crippen LogP contribution is -2.45. The van der Waals surface area contributed by atoms with E-state index in [9.17, 15) is 72.3 Å². The molecular weight excluding hydrogens is 1170 g/mol. The van der Waals surface area contributed by atoms with Crippen molar-refractivity contribution in [3.8, 4) is 0 Å². The molecule has 8 heterocycles. The summed E-state index contributed by atoms with van der Waals surface area (Å²) in [5.74, 6) is -2.28. The molecule has 3 aliphatic rings. The number of nitrogen functional groups attached to an aromatic ring is 2. The number of ether oxygens (including phenoxy) is 5. The molecule has 80 heavy (non-hydrogen) atoms. The number of hydrogen-bond donors (Lipinski definition) is 10. The highest BCUT2D eigenvalue weighted by Crippen LogP contribution is 2.68. The van der Waals surface area contributed by atoms with Gasteiger partial charge in [0.25, 0.3) is 24.9 Å². The molecule has 12 N–H and O–H groups in total. The van der Waals surface area contributed by atoms with Crippen molar-refractivity contribution in [1.82, 2.24) is 48.5 Å². The van der Waals surface area contributed by atoms with E-state index in [1.165, 1.54) is 46.1 Å². The Balaban J connectivity index is 0.955. The van der Waals surface area contributed by atoms with Crippen LogP contribution in [0.4, 0.5) is 11.8 Å². The smallest absolute Gasteiger partial charge is 0.490 e. The number of hydrogen-bond acceptors (Lipinski definition) is 29. The summed E-state index contributed by atoms with van der Waals surface area (Å²) in [6.07, 6.45) is -14.8. The molecule has 1 amide bonds. The second-order valence-corrected chi connectivity index (χ2v) is 23.9. The lowest BCUT2D eigenvalue weighted by molar-refractivity contribution is -0.745. The summed E-state index contributed by atoms with van der Waals surface area (Å²) in [7, 11) is -18.6. The number of carbonyl (C=O) groups is 1. The van der Waals surface area contributed by atoms with Gasteiger partial charge < -0.3 is 84.0 Å². The number of phosphoric acid groups is 4. The summed E-state index contributed by atoms with van der Waals surface area (Å²) in [6.45, 7) is -3.26. The number of phosphoric ester groups is 3. The maximum absolute atomic E-state index is 13.5. The van der Waals surface area contributed by atoms with E-state index in [1.54, 1.807) is 0 Å². The van der Waals surface area contributed by atoms with Crippen molar-refractivity contribution >= 4 is 71.3 Å². The second-order valence-electron chi connectivity index (χ2n) is 17.9. The first-order valence-corrected chi connectivity index (χ1v) is 29.1. The molecule has 3 saturated heterocycles. The SMILES string of the molecule is COCCN(C)C(=O)CC1[C@@H](O)C([n+]2cn(C)c3c(=O)[nH]c(N)nc32)O[C@@H]1COP(=O)(O)OP(=O)(O)OP(=O)(O)OC[C@H]1O[C@@H](n2cnc3c(N)ncnc32)[C@H](OC)[C@@H]1OP(=O)([O-])OC[C@H]1O[C@@H](n2ccc(=O)[nH]c2=O)[C@H](O)[C@@H]1O. The molecule has 43 heteroatoms. The quantitative estimate of drug-likeness (QED) is 0.0205. The molecular formula is C37H53N13O26P4. The van der Waals surface area contributed by atoms with E-state index >= 15 is 0 Å². The fourth-order valence-corrected chi connectivity index (χ4v) is 13.3. The zero-order chi connectivity index (χ0) is 58.4. The number of methoxy groups -OCH3 is 2. The zero-order valence-electron chi connectivity index (χ0n) is 41.9. The van der Waals surface area contributed by atoms with Gasteiger partial charge in [0.1, 0.15) is 54.6 Å². The Hall–Kier alpha value is -5.15. The number of carbonyl (C=O) groups excluding carboxylic acids is 1. The summed E-state index contributed by atoms with van der Waals surface area (Å²) >= 11 is 0. The van der Waals surface area contributed by atoms with Gasteiger partial charge in [0.15, 0.2) is 30.2 Å². The van der Waals surface area contributed by atoms with Crippen LogP contribution in [0, 0.1) is 5.92 Å². The van der Waals surface area contributed by atoms with Crippen molar-refractivity contribution in [2.75, 3.05) is 65.7 Å². The minimum absolute atomic E-state index is 0.0202. The average Bonchev–Trinajstić information content (AvgIpc) is 4.36. The number of nitrogens with one attached hydrogen (secondary N) is 2. The van der Waals surface area contributed by atoms with Crippen LogP contribution < -0.4 is 37.7 Å². The van der Waals surface area contributed by atoms with Gasteiger partial charge in [0.05, 0.1) is 45.9 Å². The molecule has 6 unspecified atom stereocenters. The highest BCUT2D eigenvalue weighted by Gasteiger charge is 2.53. The van der Waals surface area contributed by atoms with Gasteiger partial charge in [-0.2, -0.15) is 8.62 Å². The van der Waals surface area contributed by atoms with Gasteiger partial charge in [-0.25, -0.2) is 38.0 Å². The number of likely N-dealkylation sites (N-methyl/N-ethyl adjacent to an activating group) is 1. The van der Waals surface area contributed by atoms with E-state index in [4.69, 9.17) is 53.2 Å². The van der Waals surface area contributed by atoms with Crippen LogP contribution in [-0.2, 0) is 80.5 Å². The van der Waals surface area contributed by atoms with Gasteiger partial charge >= 0.3 is 34.8 Å². The molecule has 39 nitrogen and oxygen atoms in total. The van der Waals surface area contributed by atoms with Crippen LogP contribution >= 0.6 is 31.3 Å². The third-order valence-electron chi connectivity index (χ3n) is 12.6. The molecule has 0 radical (unpaired) electrons. The predicted molar refractivity (Wildman–Crippen MR) is 257 cm³/mol. The summed E-state index contributed by atoms with van der Waals surface area (Å²) in [5.41, 5.74) is 9.08. The number of aliphatic hydroxyl groups excluding tert-OH is 3. The number of nitrogens with zero attached hydrogens (tertiary/aromatic N) is 9. The molecule has 0 aromatic carbocycles. The number of imidazole rings is 2. The van der Waals surface area contributed by atoms with Gasteiger partial charge in [0, 0.05) is 52.4 Å². The highest BCUT2D eigenvalue weighted by molar-refractivity contribution is 7.66. The molecule has 442 valence electrons. The second kappa shape index (κ2) is 24.0. The Morgan fingerprint density at radius 2 is 1.51 bits per heavy atom. The number of H-pyrrole nitrogens is 2. The van der Waals surface area contributed by atoms with Crippen molar-refractivity contribution < 1.29 is 113 Å². The van der Waals surface area contributed by atoms with Crippen LogP contribution in [0.25, 0.3) is 22.3 Å². The number of aryl methyl sites for hydroxylation is 1. The maximum Gasteiger partial charge on any atom is 0.490 e. The van der Waals surface area contributed by atoms with E-state index in [0.717, 1.165) is 32.0 Å². The minimum atomic E-state index is -6.27. The first kappa shape index (κ1) is 60.9. The molecule has 8 rings (SSSR count). The number of aromatic nitrogens is 10. The Bertz CT molecular complexity index is 3470. The highest BCUT2D eigenvalue weighted by atomic mass is 31.3. The van der Waals surface area contributed by atoms with Gasteiger partial charge in [-0.15, -0.1) is 0 Å². The summed E-state index contributed by atoms with van der Waals surface area (Å²) in [4.78, 5) is 117. The normalized spacial score (nSPS) is 29.1. The molecule has 0 spiro atoms. The zero-order valence-corrected chi connectivity index (χ0v) is 45.5. The molecule has 5 aromatic rings. The van der Waals surface area contributed by atoms with E-state index in [1.807, 2.05) is 4.98 Å². The molecule has 5 aromatic heterocycles. The summed E-state index contributed by atoms with van der Waals surface area (Å²) in [5, 5.41) is 32.9. The van der Waals surface area contributed by atoms with E-state index in [0.29, 0.717) is 4.57 Å². The third-order valence-corrected chi connectivity index (χ3v) is 17.8. The molecule has 3 aliphatic heterocycles. The molecule has 0 saturated carbocycles. The van der Waals surface area contributed by atoms with Crippen LogP contribution in [0.1, 0.15) is 25.1 Å². The van der Waals surface area contributed by atoms with Gasteiger partial charge in [-0.05, 0) is 0 Å². The number of fused-ring (bicyclic) bond motifs is 2. The van der Waals surface area contributed by atoms with Crippen molar-refractivity contribution in [2.24, 2.45) is 13.0 Å². The van der Waals surface area contributed by atoms with Gasteiger partial charge in [-0.1, -0.05) is 4.98 Å². The Morgan fingerprint density at radius 3 is 2.17 bits per heavy atom. The first-order valence-electron chi connectivity index (χ1n) is 23.1. The monoisotopic (exact) mass is 1220 g/mol. The third kappa shape index (κ3) is 13.3. The van der Waals surface area contributed by atoms with Crippen LogP contribution in [0.15, 0.2) is 45.6 Å². The number of aliphatic hydroxyl groups is 3. The molecule has 16 atom stereocenters. The summed E-state index contributed by atoms with van der Waals surface area (Å²) in [6, 6.07) is 0.910. The lowest BCUT2D eigenvalue weighted by Gasteiger charge is -2.31. The maximum atomic E-state index is 13.5. The van der Waals surface area contributed by atoms with E-state index < -0.39 is 154 Å². The summed E-state index contributed by atoms with van der Waals surface area (Å²) < 4.78 is 114. The fraction of sp³-hybridized carbons (Fsp3) is 0.595. The average molecular weight is 1220 g/mol.